The van der Waals surface area contributed by atoms with Gasteiger partial charge in [-0.25, -0.2) is 9.59 Å². The van der Waals surface area contributed by atoms with Gasteiger partial charge in [-0.2, -0.15) is 0 Å². The first kappa shape index (κ1) is 12.5. The summed E-state index contributed by atoms with van der Waals surface area (Å²) in [7, 11) is 1.49. The first-order valence-corrected chi connectivity index (χ1v) is 4.90. The Hall–Kier alpha value is -1.56. The van der Waals surface area contributed by atoms with Gasteiger partial charge in [0.25, 0.3) is 0 Å². The fourth-order valence-corrected chi connectivity index (χ4v) is 1.62. The van der Waals surface area contributed by atoms with Crippen LogP contribution in [0.3, 0.4) is 0 Å². The SMILES string of the molecule is C=CCOC(=O)N1C[C@H](OC)C[C@@H]1C(=O)O. The molecule has 16 heavy (non-hydrogen) atoms. The van der Waals surface area contributed by atoms with Gasteiger partial charge in [0.05, 0.1) is 12.6 Å². The molecular weight excluding hydrogens is 214 g/mol. The van der Waals surface area contributed by atoms with Crippen molar-refractivity contribution in [2.75, 3.05) is 20.3 Å². The number of ether oxygens (including phenoxy) is 2. The van der Waals surface area contributed by atoms with Gasteiger partial charge in [0.2, 0.25) is 0 Å². The first-order valence-electron chi connectivity index (χ1n) is 4.90. The van der Waals surface area contributed by atoms with Crippen molar-refractivity contribution in [1.29, 1.82) is 0 Å². The predicted octanol–water partition coefficient (Wildman–Crippen LogP) is 0.483. The van der Waals surface area contributed by atoms with Crippen molar-refractivity contribution in [3.63, 3.8) is 0 Å². The van der Waals surface area contributed by atoms with Crippen molar-refractivity contribution in [2.24, 2.45) is 0 Å². The largest absolute Gasteiger partial charge is 0.480 e. The van der Waals surface area contributed by atoms with Crippen LogP contribution in [-0.2, 0) is 14.3 Å². The van der Waals surface area contributed by atoms with E-state index in [4.69, 9.17) is 14.6 Å². The number of likely N-dealkylation sites (tertiary alicyclic amines) is 1. The van der Waals surface area contributed by atoms with Crippen molar-refractivity contribution in [3.8, 4) is 0 Å². The molecular formula is C10H15NO5. The number of carbonyl (C=O) groups is 2. The van der Waals surface area contributed by atoms with E-state index in [2.05, 4.69) is 6.58 Å². The zero-order valence-corrected chi connectivity index (χ0v) is 9.09. The van der Waals surface area contributed by atoms with E-state index >= 15 is 0 Å². The van der Waals surface area contributed by atoms with E-state index in [0.717, 1.165) is 0 Å². The van der Waals surface area contributed by atoms with E-state index in [9.17, 15) is 9.59 Å². The van der Waals surface area contributed by atoms with Crippen LogP contribution in [0.15, 0.2) is 12.7 Å². The smallest absolute Gasteiger partial charge is 0.410 e. The average molecular weight is 229 g/mol. The summed E-state index contributed by atoms with van der Waals surface area (Å²) in [6.07, 6.45) is 0.816. The molecule has 0 unspecified atom stereocenters. The van der Waals surface area contributed by atoms with Gasteiger partial charge < -0.3 is 14.6 Å². The summed E-state index contributed by atoms with van der Waals surface area (Å²) < 4.78 is 9.84. The van der Waals surface area contributed by atoms with Gasteiger partial charge in [0.15, 0.2) is 0 Å². The molecule has 6 nitrogen and oxygen atoms in total. The second kappa shape index (κ2) is 5.50. The van der Waals surface area contributed by atoms with Crippen molar-refractivity contribution in [1.82, 2.24) is 4.90 Å². The Morgan fingerprint density at radius 3 is 2.81 bits per heavy atom. The van der Waals surface area contributed by atoms with Crippen LogP contribution >= 0.6 is 0 Å². The Bertz CT molecular complexity index is 291. The number of carboxylic acid groups (broad SMARTS) is 1. The van der Waals surface area contributed by atoms with Crippen molar-refractivity contribution >= 4 is 12.1 Å². The van der Waals surface area contributed by atoms with Crippen LogP contribution in [0.5, 0.6) is 0 Å². The third-order valence-corrected chi connectivity index (χ3v) is 2.44. The van der Waals surface area contributed by atoms with E-state index in [1.807, 2.05) is 0 Å². The van der Waals surface area contributed by atoms with E-state index in [1.54, 1.807) is 0 Å². The molecule has 1 N–H and O–H groups in total. The van der Waals surface area contributed by atoms with Gasteiger partial charge in [-0.3, -0.25) is 4.90 Å². The summed E-state index contributed by atoms with van der Waals surface area (Å²) in [6, 6.07) is -0.873. The zero-order chi connectivity index (χ0) is 12.1. The lowest BCUT2D eigenvalue weighted by atomic mass is 10.2. The number of rotatable bonds is 4. The van der Waals surface area contributed by atoms with Gasteiger partial charge in [0, 0.05) is 13.5 Å². The summed E-state index contributed by atoms with van der Waals surface area (Å²) in [6.45, 7) is 3.72. The molecule has 0 aromatic rings. The van der Waals surface area contributed by atoms with E-state index in [1.165, 1.54) is 18.1 Å². The molecule has 0 bridgehead atoms. The van der Waals surface area contributed by atoms with Gasteiger partial charge in [0.1, 0.15) is 12.6 Å². The highest BCUT2D eigenvalue weighted by molar-refractivity contribution is 5.80. The number of hydrogen-bond donors (Lipinski definition) is 1. The Morgan fingerprint density at radius 1 is 1.62 bits per heavy atom. The fraction of sp³-hybridized carbons (Fsp3) is 0.600. The van der Waals surface area contributed by atoms with E-state index in [0.29, 0.717) is 0 Å². The third-order valence-electron chi connectivity index (χ3n) is 2.44. The van der Waals surface area contributed by atoms with Gasteiger partial charge in [-0.1, -0.05) is 12.7 Å². The minimum absolute atomic E-state index is 0.0688. The van der Waals surface area contributed by atoms with Crippen LogP contribution in [-0.4, -0.2) is 54.5 Å². The molecule has 90 valence electrons. The molecule has 0 aromatic carbocycles. The molecule has 0 saturated carbocycles. The van der Waals surface area contributed by atoms with Crippen LogP contribution in [0.4, 0.5) is 4.79 Å². The highest BCUT2D eigenvalue weighted by Gasteiger charge is 2.40. The zero-order valence-electron chi connectivity index (χ0n) is 9.09. The van der Waals surface area contributed by atoms with E-state index < -0.39 is 18.1 Å². The molecule has 0 aliphatic carbocycles. The predicted molar refractivity (Wildman–Crippen MR) is 55.1 cm³/mol. The number of amides is 1. The highest BCUT2D eigenvalue weighted by Crippen LogP contribution is 2.21. The maximum absolute atomic E-state index is 11.5. The molecule has 2 atom stereocenters. The summed E-state index contributed by atoms with van der Waals surface area (Å²) in [5.41, 5.74) is 0. The van der Waals surface area contributed by atoms with Crippen LogP contribution < -0.4 is 0 Å². The number of methoxy groups -OCH3 is 1. The molecule has 6 heteroatoms. The quantitative estimate of drug-likeness (QED) is 0.710. The van der Waals surface area contributed by atoms with Crippen molar-refractivity contribution < 1.29 is 24.2 Å². The molecule has 1 heterocycles. The number of carboxylic acids is 1. The average Bonchev–Trinajstić information content (AvgIpc) is 2.70. The molecule has 1 saturated heterocycles. The molecule has 1 aliphatic heterocycles. The first-order chi connectivity index (χ1) is 7.60. The van der Waals surface area contributed by atoms with E-state index in [-0.39, 0.29) is 25.7 Å². The summed E-state index contributed by atoms with van der Waals surface area (Å²) >= 11 is 0. The van der Waals surface area contributed by atoms with Crippen LogP contribution in [0.1, 0.15) is 6.42 Å². The maximum Gasteiger partial charge on any atom is 0.410 e. The summed E-state index contributed by atoms with van der Waals surface area (Å²) in [4.78, 5) is 23.6. The molecule has 0 aromatic heterocycles. The van der Waals surface area contributed by atoms with Crippen LogP contribution in [0.2, 0.25) is 0 Å². The molecule has 1 fully saturated rings. The van der Waals surface area contributed by atoms with Gasteiger partial charge >= 0.3 is 12.1 Å². The highest BCUT2D eigenvalue weighted by atomic mass is 16.6. The molecule has 1 amide bonds. The van der Waals surface area contributed by atoms with Gasteiger partial charge in [-0.15, -0.1) is 0 Å². The standard InChI is InChI=1S/C10H15NO5/c1-3-4-16-10(14)11-6-7(15-2)5-8(11)9(12)13/h3,7-8H,1,4-6H2,2H3,(H,12,13)/t7-,8-/m1/s1. The summed E-state index contributed by atoms with van der Waals surface area (Å²) in [5.74, 6) is -1.05. The molecule has 0 radical (unpaired) electrons. The number of nitrogens with zero attached hydrogens (tertiary/aromatic N) is 1. The lowest BCUT2D eigenvalue weighted by molar-refractivity contribution is -0.141. The number of carbonyl (C=O) groups excluding carboxylic acids is 1. The van der Waals surface area contributed by atoms with Crippen molar-refractivity contribution in [2.45, 2.75) is 18.6 Å². The molecule has 1 rings (SSSR count). The minimum Gasteiger partial charge on any atom is -0.480 e. The molecule has 0 spiro atoms. The second-order valence-electron chi connectivity index (χ2n) is 3.47. The number of hydrogen-bond acceptors (Lipinski definition) is 4. The Balaban J connectivity index is 2.64. The van der Waals surface area contributed by atoms with Gasteiger partial charge in [-0.05, 0) is 0 Å². The van der Waals surface area contributed by atoms with Crippen molar-refractivity contribution in [3.05, 3.63) is 12.7 Å². The number of aliphatic carboxylic acids is 1. The van der Waals surface area contributed by atoms with Crippen LogP contribution in [0, 0.1) is 0 Å². The maximum atomic E-state index is 11.5. The summed E-state index contributed by atoms with van der Waals surface area (Å²) in [5, 5.41) is 8.95. The minimum atomic E-state index is -1.05. The normalized spacial score (nSPS) is 24.2. The monoisotopic (exact) mass is 229 g/mol. The lowest BCUT2D eigenvalue weighted by Crippen LogP contribution is -2.40. The topological polar surface area (TPSA) is 76.1 Å². The Kier molecular flexibility index (Phi) is 4.30. The molecule has 1 aliphatic rings. The lowest BCUT2D eigenvalue weighted by Gasteiger charge is -2.19. The second-order valence-corrected chi connectivity index (χ2v) is 3.47. The third kappa shape index (κ3) is 2.73. The van der Waals surface area contributed by atoms with Crippen LogP contribution in [0.25, 0.3) is 0 Å². The Labute approximate surface area is 93.4 Å². The fourth-order valence-electron chi connectivity index (χ4n) is 1.62. The Morgan fingerprint density at radius 2 is 2.31 bits per heavy atom.